The lowest BCUT2D eigenvalue weighted by Gasteiger charge is -2.16. The lowest BCUT2D eigenvalue weighted by Crippen LogP contribution is -2.31. The van der Waals surface area contributed by atoms with E-state index in [0.717, 1.165) is 12.0 Å². The van der Waals surface area contributed by atoms with Crippen molar-refractivity contribution in [2.45, 2.75) is 25.2 Å². The van der Waals surface area contributed by atoms with Gasteiger partial charge in [0.2, 0.25) is 10.0 Å². The van der Waals surface area contributed by atoms with Crippen LogP contribution >= 0.6 is 0 Å². The van der Waals surface area contributed by atoms with Gasteiger partial charge in [-0.2, -0.15) is 0 Å². The first-order valence-corrected chi connectivity index (χ1v) is 8.34. The molecule has 110 valence electrons. The van der Waals surface area contributed by atoms with Gasteiger partial charge in [0.05, 0.1) is 5.75 Å². The predicted molar refractivity (Wildman–Crippen MR) is 76.0 cm³/mol. The maximum absolute atomic E-state index is 12.1. The van der Waals surface area contributed by atoms with Crippen LogP contribution in [0.4, 0.5) is 0 Å². The molecule has 0 saturated carbocycles. The summed E-state index contributed by atoms with van der Waals surface area (Å²) in [6.07, 6.45) is 0.890. The summed E-state index contributed by atoms with van der Waals surface area (Å²) in [5.41, 5.74) is 1.16. The fourth-order valence-electron chi connectivity index (χ4n) is 2.51. The highest BCUT2D eigenvalue weighted by Crippen LogP contribution is 2.28. The molecule has 1 fully saturated rings. The van der Waals surface area contributed by atoms with Crippen LogP contribution in [0.2, 0.25) is 0 Å². The number of nitrogens with zero attached hydrogens (tertiary/aromatic N) is 1. The van der Waals surface area contributed by atoms with Gasteiger partial charge in [0.15, 0.2) is 0 Å². The Morgan fingerprint density at radius 2 is 2.00 bits per heavy atom. The fraction of sp³-hybridized carbons (Fsp3) is 0.500. The lowest BCUT2D eigenvalue weighted by molar-refractivity contribution is -0.137. The van der Waals surface area contributed by atoms with Gasteiger partial charge in [-0.15, -0.1) is 0 Å². The number of hydrogen-bond donors (Lipinski definition) is 1. The number of carbonyl (C=O) groups is 1. The van der Waals surface area contributed by atoms with Crippen molar-refractivity contribution in [3.8, 4) is 0 Å². The Morgan fingerprint density at radius 1 is 1.30 bits per heavy atom. The van der Waals surface area contributed by atoms with E-state index in [1.807, 2.05) is 30.3 Å². The normalized spacial score (nSPS) is 20.1. The van der Waals surface area contributed by atoms with Gasteiger partial charge in [-0.05, 0) is 24.3 Å². The first kappa shape index (κ1) is 15.0. The first-order valence-electron chi connectivity index (χ1n) is 6.73. The molecule has 1 atom stereocenters. The van der Waals surface area contributed by atoms with Gasteiger partial charge in [-0.1, -0.05) is 30.3 Å². The monoisotopic (exact) mass is 297 g/mol. The Bertz CT molecular complexity index is 556. The van der Waals surface area contributed by atoms with Crippen LogP contribution in [0.3, 0.4) is 0 Å². The molecule has 1 heterocycles. The maximum Gasteiger partial charge on any atom is 0.303 e. The summed E-state index contributed by atoms with van der Waals surface area (Å²) >= 11 is 0. The molecule has 1 aliphatic rings. The third kappa shape index (κ3) is 3.80. The molecule has 0 bridgehead atoms. The van der Waals surface area contributed by atoms with E-state index in [1.54, 1.807) is 0 Å². The average Bonchev–Trinajstić information content (AvgIpc) is 2.89. The second-order valence-corrected chi connectivity index (χ2v) is 7.16. The van der Waals surface area contributed by atoms with E-state index in [1.165, 1.54) is 4.31 Å². The van der Waals surface area contributed by atoms with Gasteiger partial charge in [-0.3, -0.25) is 4.79 Å². The third-order valence-corrected chi connectivity index (χ3v) is 5.53. The van der Waals surface area contributed by atoms with E-state index in [-0.39, 0.29) is 24.5 Å². The van der Waals surface area contributed by atoms with Crippen molar-refractivity contribution in [2.24, 2.45) is 0 Å². The van der Waals surface area contributed by atoms with Gasteiger partial charge in [0.25, 0.3) is 0 Å². The van der Waals surface area contributed by atoms with Crippen LogP contribution in [-0.2, 0) is 14.8 Å². The van der Waals surface area contributed by atoms with Crippen LogP contribution in [0.15, 0.2) is 30.3 Å². The molecule has 1 aromatic rings. The highest BCUT2D eigenvalue weighted by molar-refractivity contribution is 7.89. The van der Waals surface area contributed by atoms with E-state index in [0.29, 0.717) is 13.1 Å². The molecule has 1 aromatic carbocycles. The average molecular weight is 297 g/mol. The summed E-state index contributed by atoms with van der Waals surface area (Å²) in [5, 5.41) is 8.56. The summed E-state index contributed by atoms with van der Waals surface area (Å²) < 4.78 is 25.7. The molecule has 1 aliphatic heterocycles. The fourth-order valence-corrected chi connectivity index (χ4v) is 4.07. The zero-order valence-corrected chi connectivity index (χ0v) is 12.1. The molecular formula is C14H19NO4S. The molecule has 0 spiro atoms. The second kappa shape index (κ2) is 6.37. The quantitative estimate of drug-likeness (QED) is 0.866. The Morgan fingerprint density at radius 3 is 2.65 bits per heavy atom. The number of carboxylic acid groups (broad SMARTS) is 1. The van der Waals surface area contributed by atoms with Gasteiger partial charge < -0.3 is 5.11 Å². The number of carboxylic acids is 1. The molecule has 20 heavy (non-hydrogen) atoms. The Balaban J connectivity index is 1.93. The summed E-state index contributed by atoms with van der Waals surface area (Å²) in [7, 11) is -3.33. The number of aliphatic carboxylic acids is 1. The highest BCUT2D eigenvalue weighted by atomic mass is 32.2. The molecule has 5 nitrogen and oxygen atoms in total. The molecule has 0 radical (unpaired) electrons. The number of sulfonamides is 1. The predicted octanol–water partition coefficient (Wildman–Crippen LogP) is 1.67. The van der Waals surface area contributed by atoms with E-state index >= 15 is 0 Å². The molecule has 0 aromatic heterocycles. The van der Waals surface area contributed by atoms with Gasteiger partial charge in [0.1, 0.15) is 0 Å². The Kier molecular flexibility index (Phi) is 4.77. The second-order valence-electron chi connectivity index (χ2n) is 5.07. The first-order chi connectivity index (χ1) is 9.49. The molecule has 0 aliphatic carbocycles. The minimum absolute atomic E-state index is 0.0825. The number of rotatable bonds is 6. The maximum atomic E-state index is 12.1. The van der Waals surface area contributed by atoms with E-state index < -0.39 is 16.0 Å². The van der Waals surface area contributed by atoms with Gasteiger partial charge in [-0.25, -0.2) is 12.7 Å². The standard InChI is InChI=1S/C14H19NO4S/c16-14(17)7-4-10-20(18,19)15-9-8-13(11-15)12-5-2-1-3-6-12/h1-3,5-6,13H,4,7-11H2,(H,16,17). The van der Waals surface area contributed by atoms with Crippen LogP contribution in [0, 0.1) is 0 Å². The van der Waals surface area contributed by atoms with E-state index in [9.17, 15) is 13.2 Å². The van der Waals surface area contributed by atoms with Crippen molar-refractivity contribution in [1.82, 2.24) is 4.31 Å². The van der Waals surface area contributed by atoms with Gasteiger partial charge in [0, 0.05) is 19.5 Å². The minimum Gasteiger partial charge on any atom is -0.481 e. The zero-order chi connectivity index (χ0) is 14.6. The molecule has 1 saturated heterocycles. The lowest BCUT2D eigenvalue weighted by atomic mass is 9.99. The van der Waals surface area contributed by atoms with E-state index in [4.69, 9.17) is 5.11 Å². The third-order valence-electron chi connectivity index (χ3n) is 3.61. The summed E-state index contributed by atoms with van der Waals surface area (Å²) in [6.45, 7) is 1.02. The van der Waals surface area contributed by atoms with Crippen LogP contribution in [-0.4, -0.2) is 42.6 Å². The zero-order valence-electron chi connectivity index (χ0n) is 11.2. The van der Waals surface area contributed by atoms with Crippen LogP contribution in [0.25, 0.3) is 0 Å². The largest absolute Gasteiger partial charge is 0.481 e. The molecule has 1 unspecified atom stereocenters. The topological polar surface area (TPSA) is 74.7 Å². The molecule has 2 rings (SSSR count). The smallest absolute Gasteiger partial charge is 0.303 e. The summed E-state index contributed by atoms with van der Waals surface area (Å²) in [6, 6.07) is 9.90. The summed E-state index contributed by atoms with van der Waals surface area (Å²) in [5.74, 6) is -0.796. The molecule has 6 heteroatoms. The van der Waals surface area contributed by atoms with Crippen molar-refractivity contribution >= 4 is 16.0 Å². The van der Waals surface area contributed by atoms with Crippen molar-refractivity contribution < 1.29 is 18.3 Å². The summed E-state index contributed by atoms with van der Waals surface area (Å²) in [4.78, 5) is 10.4. The van der Waals surface area contributed by atoms with Gasteiger partial charge >= 0.3 is 5.97 Å². The number of benzene rings is 1. The van der Waals surface area contributed by atoms with Crippen molar-refractivity contribution in [3.63, 3.8) is 0 Å². The molecule has 1 N–H and O–H groups in total. The van der Waals surface area contributed by atoms with Crippen LogP contribution < -0.4 is 0 Å². The molecule has 0 amide bonds. The van der Waals surface area contributed by atoms with Crippen molar-refractivity contribution in [1.29, 1.82) is 0 Å². The van der Waals surface area contributed by atoms with Crippen LogP contribution in [0.1, 0.15) is 30.7 Å². The highest BCUT2D eigenvalue weighted by Gasteiger charge is 2.31. The van der Waals surface area contributed by atoms with E-state index in [2.05, 4.69) is 0 Å². The SMILES string of the molecule is O=C(O)CCCS(=O)(=O)N1CCC(c2ccccc2)C1. The Hall–Kier alpha value is -1.40. The minimum atomic E-state index is -3.33. The van der Waals surface area contributed by atoms with Crippen molar-refractivity contribution in [2.75, 3.05) is 18.8 Å². The van der Waals surface area contributed by atoms with Crippen LogP contribution in [0.5, 0.6) is 0 Å². The molecular weight excluding hydrogens is 278 g/mol. The van der Waals surface area contributed by atoms with Crippen molar-refractivity contribution in [3.05, 3.63) is 35.9 Å². The Labute approximate surface area is 119 Å². The number of hydrogen-bond acceptors (Lipinski definition) is 3.